The summed E-state index contributed by atoms with van der Waals surface area (Å²) in [4.78, 5) is 1.03. The Morgan fingerprint density at radius 3 is 2.88 bits per heavy atom. The second-order valence-electron chi connectivity index (χ2n) is 3.58. The van der Waals surface area contributed by atoms with Gasteiger partial charge in [-0.1, -0.05) is 36.7 Å². The van der Waals surface area contributed by atoms with Crippen LogP contribution in [-0.4, -0.2) is 15.5 Å². The first-order valence-electron chi connectivity index (χ1n) is 5.40. The quantitative estimate of drug-likeness (QED) is 0.865. The highest BCUT2D eigenvalue weighted by Gasteiger charge is 2.08. The van der Waals surface area contributed by atoms with Crippen LogP contribution in [0.4, 0.5) is 5.82 Å². The lowest BCUT2D eigenvalue weighted by molar-refractivity contribution is 0.697. The highest BCUT2D eigenvalue weighted by Crippen LogP contribution is 2.25. The third kappa shape index (κ3) is 2.76. The van der Waals surface area contributed by atoms with Crippen LogP contribution in [0.25, 0.3) is 0 Å². The monoisotopic (exact) mass is 267 g/mol. The van der Waals surface area contributed by atoms with Crippen molar-refractivity contribution in [2.24, 2.45) is 0 Å². The topological polar surface area (TPSA) is 43.8 Å². The molecule has 1 heterocycles. The van der Waals surface area contributed by atoms with E-state index in [0.717, 1.165) is 21.2 Å². The van der Waals surface area contributed by atoms with Crippen molar-refractivity contribution in [3.63, 3.8) is 0 Å². The molecule has 0 saturated carbocycles. The first kappa shape index (κ1) is 12.3. The number of halogens is 1. The van der Waals surface area contributed by atoms with Crippen LogP contribution in [0, 0.1) is 0 Å². The van der Waals surface area contributed by atoms with Crippen molar-refractivity contribution in [2.45, 2.75) is 18.4 Å². The number of rotatable bonds is 4. The largest absolute Gasteiger partial charge is 0.383 e. The molecular weight excluding hydrogens is 254 g/mol. The third-order valence-corrected chi connectivity index (χ3v) is 3.71. The van der Waals surface area contributed by atoms with Gasteiger partial charge in [-0.15, -0.1) is 11.8 Å². The Morgan fingerprint density at radius 2 is 2.18 bits per heavy atom. The van der Waals surface area contributed by atoms with Crippen molar-refractivity contribution < 1.29 is 0 Å². The van der Waals surface area contributed by atoms with E-state index in [4.69, 9.17) is 17.3 Å². The van der Waals surface area contributed by atoms with Crippen molar-refractivity contribution in [3.8, 4) is 0 Å². The summed E-state index contributed by atoms with van der Waals surface area (Å²) in [6, 6.07) is 7.73. The maximum Gasteiger partial charge on any atom is 0.135 e. The van der Waals surface area contributed by atoms with Gasteiger partial charge in [0, 0.05) is 5.02 Å². The molecule has 2 aromatic rings. The molecule has 0 fully saturated rings. The van der Waals surface area contributed by atoms with E-state index < -0.39 is 0 Å². The maximum atomic E-state index is 6.11. The van der Waals surface area contributed by atoms with Gasteiger partial charge in [-0.3, -0.25) is 0 Å². The van der Waals surface area contributed by atoms with Crippen molar-refractivity contribution in [3.05, 3.63) is 41.0 Å². The Morgan fingerprint density at radius 1 is 1.41 bits per heavy atom. The number of hydrogen-bond acceptors (Lipinski definition) is 3. The summed E-state index contributed by atoms with van der Waals surface area (Å²) in [6.45, 7) is 2.70. The molecule has 3 nitrogen and oxygen atoms in total. The predicted molar refractivity (Wildman–Crippen MR) is 73.6 cm³/mol. The van der Waals surface area contributed by atoms with Gasteiger partial charge in [0.25, 0.3) is 0 Å². The Labute approximate surface area is 110 Å². The number of benzene rings is 1. The normalized spacial score (nSPS) is 10.7. The van der Waals surface area contributed by atoms with Gasteiger partial charge >= 0.3 is 0 Å². The van der Waals surface area contributed by atoms with E-state index in [1.807, 2.05) is 24.3 Å². The molecule has 0 spiro atoms. The van der Waals surface area contributed by atoms with Crippen LogP contribution in [0.2, 0.25) is 5.02 Å². The van der Waals surface area contributed by atoms with Crippen molar-refractivity contribution in [1.82, 2.24) is 9.78 Å². The first-order chi connectivity index (χ1) is 8.22. The van der Waals surface area contributed by atoms with Gasteiger partial charge < -0.3 is 5.73 Å². The van der Waals surface area contributed by atoms with Gasteiger partial charge in [0.05, 0.1) is 17.6 Å². The van der Waals surface area contributed by atoms with E-state index in [-0.39, 0.29) is 0 Å². The number of thioether (sulfide) groups is 1. The molecule has 1 aromatic heterocycles. The van der Waals surface area contributed by atoms with E-state index in [1.54, 1.807) is 22.6 Å². The summed E-state index contributed by atoms with van der Waals surface area (Å²) >= 11 is 7.80. The van der Waals surface area contributed by atoms with Crippen LogP contribution >= 0.6 is 23.4 Å². The molecule has 0 aliphatic carbocycles. The summed E-state index contributed by atoms with van der Waals surface area (Å²) in [5.41, 5.74) is 7.05. The SMILES string of the molecule is CCSc1cnn(Cc2ccccc2Cl)c1N. The number of nitrogens with zero attached hydrogens (tertiary/aromatic N) is 2. The van der Waals surface area contributed by atoms with E-state index >= 15 is 0 Å². The second kappa shape index (κ2) is 5.47. The molecule has 2 N–H and O–H groups in total. The molecule has 0 unspecified atom stereocenters. The highest BCUT2D eigenvalue weighted by atomic mass is 35.5. The van der Waals surface area contributed by atoms with Gasteiger partial charge in [0.15, 0.2) is 0 Å². The molecule has 17 heavy (non-hydrogen) atoms. The first-order valence-corrected chi connectivity index (χ1v) is 6.76. The van der Waals surface area contributed by atoms with Crippen molar-refractivity contribution in [1.29, 1.82) is 0 Å². The van der Waals surface area contributed by atoms with E-state index in [2.05, 4.69) is 12.0 Å². The Balaban J connectivity index is 2.22. The predicted octanol–water partition coefficient (Wildman–Crippen LogP) is 3.28. The highest BCUT2D eigenvalue weighted by molar-refractivity contribution is 7.99. The summed E-state index contributed by atoms with van der Waals surface area (Å²) in [7, 11) is 0. The van der Waals surface area contributed by atoms with Gasteiger partial charge in [0.2, 0.25) is 0 Å². The molecule has 0 saturated heterocycles. The summed E-state index contributed by atoms with van der Waals surface area (Å²) in [5, 5.41) is 5.03. The van der Waals surface area contributed by atoms with E-state index in [0.29, 0.717) is 12.4 Å². The Hall–Kier alpha value is -1.13. The molecule has 0 radical (unpaired) electrons. The van der Waals surface area contributed by atoms with Gasteiger partial charge in [-0.25, -0.2) is 4.68 Å². The second-order valence-corrected chi connectivity index (χ2v) is 5.29. The molecule has 90 valence electrons. The third-order valence-electron chi connectivity index (χ3n) is 2.42. The fourth-order valence-corrected chi connectivity index (χ4v) is 2.44. The van der Waals surface area contributed by atoms with Crippen molar-refractivity contribution >= 4 is 29.2 Å². The Bertz CT molecular complexity index is 510. The molecule has 1 aromatic carbocycles. The smallest absolute Gasteiger partial charge is 0.135 e. The molecule has 0 aliphatic rings. The Kier molecular flexibility index (Phi) is 3.97. The molecule has 2 rings (SSSR count). The average Bonchev–Trinajstić information content (AvgIpc) is 2.65. The van der Waals surface area contributed by atoms with Crippen LogP contribution in [0.1, 0.15) is 12.5 Å². The van der Waals surface area contributed by atoms with Crippen LogP contribution in [0.15, 0.2) is 35.4 Å². The summed E-state index contributed by atoms with van der Waals surface area (Å²) in [6.07, 6.45) is 1.81. The van der Waals surface area contributed by atoms with E-state index in [9.17, 15) is 0 Å². The molecule has 0 aliphatic heterocycles. The number of hydrogen-bond donors (Lipinski definition) is 1. The zero-order valence-electron chi connectivity index (χ0n) is 9.56. The van der Waals surface area contributed by atoms with Gasteiger partial charge in [-0.05, 0) is 17.4 Å². The van der Waals surface area contributed by atoms with E-state index in [1.165, 1.54) is 0 Å². The number of aromatic nitrogens is 2. The van der Waals surface area contributed by atoms with Crippen LogP contribution in [-0.2, 0) is 6.54 Å². The fraction of sp³-hybridized carbons (Fsp3) is 0.250. The minimum absolute atomic E-state index is 0.607. The maximum absolute atomic E-state index is 6.11. The molecular formula is C12H14ClN3S. The zero-order valence-corrected chi connectivity index (χ0v) is 11.1. The van der Waals surface area contributed by atoms with Crippen LogP contribution < -0.4 is 5.73 Å². The lowest BCUT2D eigenvalue weighted by atomic mass is 10.2. The zero-order chi connectivity index (χ0) is 12.3. The number of nitrogens with two attached hydrogens (primary N) is 1. The van der Waals surface area contributed by atoms with Gasteiger partial charge in [0.1, 0.15) is 5.82 Å². The van der Waals surface area contributed by atoms with Gasteiger partial charge in [-0.2, -0.15) is 5.10 Å². The molecule has 0 atom stereocenters. The molecule has 0 bridgehead atoms. The van der Waals surface area contributed by atoms with Crippen LogP contribution in [0.3, 0.4) is 0 Å². The molecule has 5 heteroatoms. The minimum Gasteiger partial charge on any atom is -0.383 e. The van der Waals surface area contributed by atoms with Crippen molar-refractivity contribution in [2.75, 3.05) is 11.5 Å². The minimum atomic E-state index is 0.607. The summed E-state index contributed by atoms with van der Waals surface area (Å²) < 4.78 is 1.78. The lowest BCUT2D eigenvalue weighted by Crippen LogP contribution is -2.06. The molecule has 0 amide bonds. The summed E-state index contributed by atoms with van der Waals surface area (Å²) in [5.74, 6) is 1.69. The average molecular weight is 268 g/mol. The van der Waals surface area contributed by atoms with Crippen LogP contribution in [0.5, 0.6) is 0 Å². The fourth-order valence-electron chi connectivity index (χ4n) is 1.56. The lowest BCUT2D eigenvalue weighted by Gasteiger charge is -2.06. The standard InChI is InChI=1S/C12H14ClN3S/c1-2-17-11-7-15-16(12(11)14)8-9-5-3-4-6-10(9)13/h3-7H,2,8,14H2,1H3. The number of anilines is 1. The number of nitrogen functional groups attached to an aromatic ring is 1.